The SMILES string of the molecule is COc1nccnc1N1CC[C@]2(CC(=O)NC2=O)C1. The van der Waals surface area contributed by atoms with Gasteiger partial charge in [-0.2, -0.15) is 0 Å². The van der Waals surface area contributed by atoms with Gasteiger partial charge in [-0.25, -0.2) is 9.97 Å². The predicted molar refractivity (Wildman–Crippen MR) is 65.6 cm³/mol. The molecule has 1 N–H and O–H groups in total. The first-order chi connectivity index (χ1) is 9.14. The highest BCUT2D eigenvalue weighted by molar-refractivity contribution is 6.06. The van der Waals surface area contributed by atoms with Crippen LogP contribution >= 0.6 is 0 Å². The molecule has 0 aliphatic carbocycles. The quantitative estimate of drug-likeness (QED) is 0.738. The van der Waals surface area contributed by atoms with Gasteiger partial charge in [-0.1, -0.05) is 0 Å². The van der Waals surface area contributed by atoms with Gasteiger partial charge in [0, 0.05) is 31.9 Å². The topological polar surface area (TPSA) is 84.4 Å². The summed E-state index contributed by atoms with van der Waals surface area (Å²) in [6.07, 6.45) is 4.04. The van der Waals surface area contributed by atoms with E-state index in [0.29, 0.717) is 31.2 Å². The summed E-state index contributed by atoms with van der Waals surface area (Å²) in [5.74, 6) is 0.680. The standard InChI is InChI=1S/C12H14N4O3/c1-19-10-9(13-3-4-14-10)16-5-2-12(7-16)6-8(17)15-11(12)18/h3-4H,2,5-7H2,1H3,(H,15,17,18)/t12-/m0/s1. The summed E-state index contributed by atoms with van der Waals surface area (Å²) < 4.78 is 5.17. The molecule has 2 aliphatic rings. The number of anilines is 1. The summed E-state index contributed by atoms with van der Waals surface area (Å²) in [6.45, 7) is 1.13. The number of ether oxygens (including phenoxy) is 1. The second-order valence-corrected chi connectivity index (χ2v) is 4.90. The van der Waals surface area contributed by atoms with Gasteiger partial charge in [-0.3, -0.25) is 14.9 Å². The van der Waals surface area contributed by atoms with Gasteiger partial charge < -0.3 is 9.64 Å². The van der Waals surface area contributed by atoms with Crippen molar-refractivity contribution in [2.75, 3.05) is 25.1 Å². The molecule has 0 unspecified atom stereocenters. The van der Waals surface area contributed by atoms with E-state index in [0.717, 1.165) is 0 Å². The molecule has 2 saturated heterocycles. The van der Waals surface area contributed by atoms with Crippen LogP contribution < -0.4 is 15.0 Å². The van der Waals surface area contributed by atoms with Gasteiger partial charge in [-0.05, 0) is 6.42 Å². The van der Waals surface area contributed by atoms with Gasteiger partial charge in [0.1, 0.15) is 0 Å². The number of hydrogen-bond donors (Lipinski definition) is 1. The van der Waals surface area contributed by atoms with Crippen molar-refractivity contribution in [1.82, 2.24) is 15.3 Å². The van der Waals surface area contributed by atoms with Gasteiger partial charge in [0.15, 0.2) is 5.82 Å². The lowest BCUT2D eigenvalue weighted by Gasteiger charge is -2.21. The van der Waals surface area contributed by atoms with Gasteiger partial charge in [0.25, 0.3) is 5.88 Å². The Morgan fingerprint density at radius 2 is 2.16 bits per heavy atom. The van der Waals surface area contributed by atoms with Crippen molar-refractivity contribution in [3.05, 3.63) is 12.4 Å². The van der Waals surface area contributed by atoms with Gasteiger partial charge in [-0.15, -0.1) is 0 Å². The van der Waals surface area contributed by atoms with Crippen molar-refractivity contribution in [3.8, 4) is 5.88 Å². The average molecular weight is 262 g/mol. The Morgan fingerprint density at radius 3 is 2.84 bits per heavy atom. The molecule has 7 heteroatoms. The molecule has 1 spiro atoms. The minimum absolute atomic E-state index is 0.178. The summed E-state index contributed by atoms with van der Waals surface area (Å²) in [4.78, 5) is 33.6. The molecule has 1 atom stereocenters. The normalized spacial score (nSPS) is 26.1. The molecule has 3 rings (SSSR count). The van der Waals surface area contributed by atoms with Crippen LogP contribution in [0.3, 0.4) is 0 Å². The van der Waals surface area contributed by atoms with E-state index in [4.69, 9.17) is 4.74 Å². The third-order valence-corrected chi connectivity index (χ3v) is 3.73. The lowest BCUT2D eigenvalue weighted by Crippen LogP contribution is -2.34. The minimum atomic E-state index is -0.611. The molecule has 2 aliphatic heterocycles. The first-order valence-corrected chi connectivity index (χ1v) is 6.09. The summed E-state index contributed by atoms with van der Waals surface area (Å²) in [7, 11) is 1.53. The number of hydrogen-bond acceptors (Lipinski definition) is 6. The van der Waals surface area contributed by atoms with Crippen LogP contribution in [-0.2, 0) is 9.59 Å². The van der Waals surface area contributed by atoms with Crippen LogP contribution in [0.15, 0.2) is 12.4 Å². The maximum Gasteiger partial charge on any atom is 0.257 e. The first-order valence-electron chi connectivity index (χ1n) is 6.09. The second kappa shape index (κ2) is 4.18. The molecular formula is C12H14N4O3. The van der Waals surface area contributed by atoms with Crippen LogP contribution in [-0.4, -0.2) is 42.0 Å². The molecule has 0 bridgehead atoms. The van der Waals surface area contributed by atoms with E-state index in [9.17, 15) is 9.59 Å². The largest absolute Gasteiger partial charge is 0.478 e. The molecule has 0 radical (unpaired) electrons. The Labute approximate surface area is 110 Å². The number of nitrogens with one attached hydrogen (secondary N) is 1. The summed E-state index contributed by atoms with van der Waals surface area (Å²) in [6, 6.07) is 0. The van der Waals surface area contributed by atoms with Crippen molar-refractivity contribution in [1.29, 1.82) is 0 Å². The first kappa shape index (κ1) is 11.9. The van der Waals surface area contributed by atoms with Gasteiger partial charge in [0.2, 0.25) is 11.8 Å². The lowest BCUT2D eigenvalue weighted by atomic mass is 9.85. The minimum Gasteiger partial charge on any atom is -0.478 e. The molecule has 0 aromatic carbocycles. The summed E-state index contributed by atoms with van der Waals surface area (Å²) >= 11 is 0. The average Bonchev–Trinajstić information content (AvgIpc) is 2.95. The predicted octanol–water partition coefficient (Wildman–Crippen LogP) is -0.272. The smallest absolute Gasteiger partial charge is 0.257 e. The Bertz CT molecular complexity index is 548. The highest BCUT2D eigenvalue weighted by atomic mass is 16.5. The summed E-state index contributed by atoms with van der Waals surface area (Å²) in [5, 5.41) is 2.38. The molecular weight excluding hydrogens is 248 g/mol. The number of methoxy groups -OCH3 is 1. The van der Waals surface area contributed by atoms with E-state index in [2.05, 4.69) is 15.3 Å². The van der Waals surface area contributed by atoms with Crippen molar-refractivity contribution in [2.45, 2.75) is 12.8 Å². The molecule has 100 valence electrons. The molecule has 19 heavy (non-hydrogen) atoms. The second-order valence-electron chi connectivity index (χ2n) is 4.90. The zero-order valence-corrected chi connectivity index (χ0v) is 10.5. The molecule has 7 nitrogen and oxygen atoms in total. The third-order valence-electron chi connectivity index (χ3n) is 3.73. The Kier molecular flexibility index (Phi) is 2.62. The monoisotopic (exact) mass is 262 g/mol. The van der Waals surface area contributed by atoms with Crippen molar-refractivity contribution < 1.29 is 14.3 Å². The molecule has 0 saturated carbocycles. The zero-order valence-electron chi connectivity index (χ0n) is 10.5. The Morgan fingerprint density at radius 1 is 1.37 bits per heavy atom. The highest BCUT2D eigenvalue weighted by Crippen LogP contribution is 2.40. The Balaban J connectivity index is 1.86. The number of nitrogens with zero attached hydrogens (tertiary/aromatic N) is 3. The van der Waals surface area contributed by atoms with Crippen LogP contribution in [0.25, 0.3) is 0 Å². The van der Waals surface area contributed by atoms with E-state index in [1.54, 1.807) is 12.4 Å². The van der Waals surface area contributed by atoms with Crippen LogP contribution in [0, 0.1) is 5.41 Å². The molecule has 3 heterocycles. The number of carbonyl (C=O) groups is 2. The fraction of sp³-hybridized carbons (Fsp3) is 0.500. The zero-order chi connectivity index (χ0) is 13.5. The van der Waals surface area contributed by atoms with Gasteiger partial charge >= 0.3 is 0 Å². The molecule has 1 aromatic rings. The number of aromatic nitrogens is 2. The Hall–Kier alpha value is -2.18. The van der Waals surface area contributed by atoms with E-state index >= 15 is 0 Å². The van der Waals surface area contributed by atoms with Crippen molar-refractivity contribution in [3.63, 3.8) is 0 Å². The number of amides is 2. The number of imide groups is 1. The number of carbonyl (C=O) groups excluding carboxylic acids is 2. The van der Waals surface area contributed by atoms with Crippen molar-refractivity contribution >= 4 is 17.6 Å². The maximum atomic E-state index is 11.9. The third kappa shape index (κ3) is 1.81. The fourth-order valence-corrected chi connectivity index (χ4v) is 2.75. The van der Waals surface area contributed by atoms with E-state index in [1.165, 1.54) is 7.11 Å². The fourth-order valence-electron chi connectivity index (χ4n) is 2.75. The van der Waals surface area contributed by atoms with Crippen LogP contribution in [0.4, 0.5) is 5.82 Å². The van der Waals surface area contributed by atoms with E-state index < -0.39 is 5.41 Å². The van der Waals surface area contributed by atoms with Crippen LogP contribution in [0.2, 0.25) is 0 Å². The number of rotatable bonds is 2. The van der Waals surface area contributed by atoms with Gasteiger partial charge in [0.05, 0.1) is 12.5 Å². The van der Waals surface area contributed by atoms with Crippen LogP contribution in [0.5, 0.6) is 5.88 Å². The maximum absolute atomic E-state index is 11.9. The highest BCUT2D eigenvalue weighted by Gasteiger charge is 2.51. The molecule has 2 amide bonds. The van der Waals surface area contributed by atoms with E-state index in [1.807, 2.05) is 4.90 Å². The van der Waals surface area contributed by atoms with Crippen LogP contribution in [0.1, 0.15) is 12.8 Å². The molecule has 1 aromatic heterocycles. The van der Waals surface area contributed by atoms with E-state index in [-0.39, 0.29) is 18.2 Å². The van der Waals surface area contributed by atoms with Crippen molar-refractivity contribution in [2.24, 2.45) is 5.41 Å². The summed E-state index contributed by atoms with van der Waals surface area (Å²) in [5.41, 5.74) is -0.611. The lowest BCUT2D eigenvalue weighted by molar-refractivity contribution is -0.127. The molecule has 2 fully saturated rings.